The quantitative estimate of drug-likeness (QED) is 0.904. The van der Waals surface area contributed by atoms with Crippen LogP contribution in [0.1, 0.15) is 66.5 Å². The molecule has 2 aromatic rings. The molecule has 0 unspecified atom stereocenters. The molecule has 2 atom stereocenters. The van der Waals surface area contributed by atoms with Crippen LogP contribution in [0.2, 0.25) is 0 Å². The van der Waals surface area contributed by atoms with Gasteiger partial charge in [0.05, 0.1) is 6.04 Å². The lowest BCUT2D eigenvalue weighted by molar-refractivity contribution is 0.0930. The van der Waals surface area contributed by atoms with E-state index in [4.69, 9.17) is 4.52 Å². The van der Waals surface area contributed by atoms with Crippen molar-refractivity contribution in [3.63, 3.8) is 0 Å². The van der Waals surface area contributed by atoms with Gasteiger partial charge in [-0.05, 0) is 37.3 Å². The summed E-state index contributed by atoms with van der Waals surface area (Å²) in [6, 6.07) is 9.97. The third-order valence-corrected chi connectivity index (χ3v) is 3.83. The largest absolute Gasteiger partial charge is 0.361 e. The number of amides is 1. The number of carbonyl (C=O) groups excluding carboxylic acids is 1. The van der Waals surface area contributed by atoms with Gasteiger partial charge in [0.2, 0.25) is 0 Å². The van der Waals surface area contributed by atoms with Crippen molar-refractivity contribution in [1.29, 1.82) is 0 Å². The lowest BCUT2D eigenvalue weighted by Crippen LogP contribution is -2.26. The highest BCUT2D eigenvalue weighted by molar-refractivity contribution is 5.92. The summed E-state index contributed by atoms with van der Waals surface area (Å²) >= 11 is 0. The number of nitrogens with one attached hydrogen (secondary N) is 1. The first-order valence-electron chi connectivity index (χ1n) is 7.35. The maximum atomic E-state index is 12.0. The zero-order valence-electron chi connectivity index (χ0n) is 13.0. The van der Waals surface area contributed by atoms with E-state index in [-0.39, 0.29) is 11.9 Å². The minimum Gasteiger partial charge on any atom is -0.361 e. The third kappa shape index (κ3) is 3.72. The Hall–Kier alpha value is -2.10. The van der Waals surface area contributed by atoms with E-state index in [0.29, 0.717) is 17.4 Å². The zero-order valence-corrected chi connectivity index (χ0v) is 13.0. The van der Waals surface area contributed by atoms with Gasteiger partial charge in [0.1, 0.15) is 5.76 Å². The van der Waals surface area contributed by atoms with Crippen LogP contribution in [-0.2, 0) is 0 Å². The zero-order chi connectivity index (χ0) is 15.4. The summed E-state index contributed by atoms with van der Waals surface area (Å²) in [5, 5.41) is 6.65. The van der Waals surface area contributed by atoms with Gasteiger partial charge in [-0.3, -0.25) is 4.79 Å². The molecule has 1 aromatic carbocycles. The van der Waals surface area contributed by atoms with Crippen molar-refractivity contribution in [3.8, 4) is 0 Å². The van der Waals surface area contributed by atoms with Crippen LogP contribution < -0.4 is 5.32 Å². The molecule has 0 radical (unpaired) electrons. The number of rotatable bonds is 5. The average molecular weight is 286 g/mol. The number of benzene rings is 1. The molecule has 0 bridgehead atoms. The van der Waals surface area contributed by atoms with E-state index in [0.717, 1.165) is 12.0 Å². The molecule has 0 saturated carbocycles. The number of nitrogens with zero attached hydrogens (tertiary/aromatic N) is 1. The Kier molecular flexibility index (Phi) is 4.78. The summed E-state index contributed by atoms with van der Waals surface area (Å²) in [4.78, 5) is 12.0. The third-order valence-electron chi connectivity index (χ3n) is 3.83. The summed E-state index contributed by atoms with van der Waals surface area (Å²) in [6.45, 7) is 8.12. The normalized spacial score (nSPS) is 13.7. The van der Waals surface area contributed by atoms with E-state index in [1.165, 1.54) is 5.56 Å². The van der Waals surface area contributed by atoms with Crippen LogP contribution in [0, 0.1) is 6.92 Å². The first-order valence-corrected chi connectivity index (χ1v) is 7.35. The van der Waals surface area contributed by atoms with Gasteiger partial charge >= 0.3 is 0 Å². The minimum atomic E-state index is -0.217. The molecular formula is C17H22N2O2. The van der Waals surface area contributed by atoms with Crippen LogP contribution in [0.3, 0.4) is 0 Å². The molecule has 4 heteroatoms. The van der Waals surface area contributed by atoms with Crippen molar-refractivity contribution in [2.75, 3.05) is 0 Å². The van der Waals surface area contributed by atoms with Gasteiger partial charge in [0.25, 0.3) is 5.91 Å². The summed E-state index contributed by atoms with van der Waals surface area (Å²) in [5.41, 5.74) is 2.72. The average Bonchev–Trinajstić information content (AvgIpc) is 2.93. The standard InChI is InChI=1S/C17H22N2O2/c1-5-11(2)14-6-8-15(9-7-14)13(4)18-17(20)16-10-12(3)21-19-16/h6-11,13H,5H2,1-4H3,(H,18,20)/t11-,13+/m0/s1. The molecule has 1 amide bonds. The number of aryl methyl sites for hydroxylation is 1. The van der Waals surface area contributed by atoms with Crippen molar-refractivity contribution in [3.05, 3.63) is 52.9 Å². The van der Waals surface area contributed by atoms with Crippen molar-refractivity contribution in [2.45, 2.75) is 46.1 Å². The molecule has 1 aromatic heterocycles. The second kappa shape index (κ2) is 6.57. The fourth-order valence-electron chi connectivity index (χ4n) is 2.18. The second-order valence-corrected chi connectivity index (χ2v) is 5.49. The van der Waals surface area contributed by atoms with Crippen LogP contribution in [0.15, 0.2) is 34.9 Å². The van der Waals surface area contributed by atoms with E-state index in [9.17, 15) is 4.79 Å². The number of aromatic nitrogens is 1. The molecule has 0 aliphatic heterocycles. The van der Waals surface area contributed by atoms with Crippen LogP contribution in [-0.4, -0.2) is 11.1 Å². The van der Waals surface area contributed by atoms with Crippen molar-refractivity contribution in [2.24, 2.45) is 0 Å². The van der Waals surface area contributed by atoms with E-state index in [2.05, 4.69) is 48.6 Å². The molecule has 2 rings (SSSR count). The van der Waals surface area contributed by atoms with Crippen LogP contribution in [0.25, 0.3) is 0 Å². The Bertz CT molecular complexity index is 602. The molecule has 21 heavy (non-hydrogen) atoms. The Labute approximate surface area is 125 Å². The van der Waals surface area contributed by atoms with E-state index < -0.39 is 0 Å². The molecular weight excluding hydrogens is 264 g/mol. The Morgan fingerprint density at radius 3 is 2.38 bits per heavy atom. The van der Waals surface area contributed by atoms with Crippen LogP contribution >= 0.6 is 0 Å². The van der Waals surface area contributed by atoms with E-state index in [1.54, 1.807) is 13.0 Å². The highest BCUT2D eigenvalue weighted by Crippen LogP contribution is 2.21. The monoisotopic (exact) mass is 286 g/mol. The molecule has 0 saturated heterocycles. The van der Waals surface area contributed by atoms with Gasteiger partial charge in [0.15, 0.2) is 5.69 Å². The number of hydrogen-bond donors (Lipinski definition) is 1. The number of carbonyl (C=O) groups is 1. The molecule has 0 aliphatic carbocycles. The molecule has 0 spiro atoms. The highest BCUT2D eigenvalue weighted by atomic mass is 16.5. The Morgan fingerprint density at radius 2 is 1.86 bits per heavy atom. The lowest BCUT2D eigenvalue weighted by atomic mass is 9.96. The number of hydrogen-bond acceptors (Lipinski definition) is 3. The van der Waals surface area contributed by atoms with Gasteiger partial charge in [-0.25, -0.2) is 0 Å². The summed E-state index contributed by atoms with van der Waals surface area (Å²) in [7, 11) is 0. The fraction of sp³-hybridized carbons (Fsp3) is 0.412. The molecule has 112 valence electrons. The Balaban J connectivity index is 2.03. The predicted octanol–water partition coefficient (Wildman–Crippen LogP) is 3.99. The first kappa shape index (κ1) is 15.3. The SMILES string of the molecule is CC[C@H](C)c1ccc([C@@H](C)NC(=O)c2cc(C)on2)cc1. The molecule has 4 nitrogen and oxygen atoms in total. The maximum absolute atomic E-state index is 12.0. The van der Waals surface area contributed by atoms with E-state index in [1.807, 2.05) is 6.92 Å². The highest BCUT2D eigenvalue weighted by Gasteiger charge is 2.15. The predicted molar refractivity (Wildman–Crippen MR) is 82.3 cm³/mol. The van der Waals surface area contributed by atoms with Crippen molar-refractivity contribution >= 4 is 5.91 Å². The van der Waals surface area contributed by atoms with Gasteiger partial charge in [-0.2, -0.15) is 0 Å². The van der Waals surface area contributed by atoms with Crippen molar-refractivity contribution in [1.82, 2.24) is 10.5 Å². The van der Waals surface area contributed by atoms with Crippen molar-refractivity contribution < 1.29 is 9.32 Å². The second-order valence-electron chi connectivity index (χ2n) is 5.49. The molecule has 0 fully saturated rings. The Morgan fingerprint density at radius 1 is 1.24 bits per heavy atom. The molecule has 1 heterocycles. The van der Waals surface area contributed by atoms with Gasteiger partial charge < -0.3 is 9.84 Å². The topological polar surface area (TPSA) is 55.1 Å². The van der Waals surface area contributed by atoms with Gasteiger partial charge in [0, 0.05) is 6.07 Å². The minimum absolute atomic E-state index is 0.0690. The van der Waals surface area contributed by atoms with Gasteiger partial charge in [-0.15, -0.1) is 0 Å². The van der Waals surface area contributed by atoms with Crippen LogP contribution in [0.4, 0.5) is 0 Å². The summed E-state index contributed by atoms with van der Waals surface area (Å²) in [5.74, 6) is 0.970. The van der Waals surface area contributed by atoms with Crippen LogP contribution in [0.5, 0.6) is 0 Å². The smallest absolute Gasteiger partial charge is 0.273 e. The molecule has 0 aliphatic rings. The van der Waals surface area contributed by atoms with E-state index >= 15 is 0 Å². The van der Waals surface area contributed by atoms with Gasteiger partial charge in [-0.1, -0.05) is 43.3 Å². The fourth-order valence-corrected chi connectivity index (χ4v) is 2.18. The lowest BCUT2D eigenvalue weighted by Gasteiger charge is -2.15. The first-order chi connectivity index (χ1) is 10.0. The summed E-state index contributed by atoms with van der Waals surface area (Å²) < 4.78 is 4.92. The molecule has 1 N–H and O–H groups in total. The summed E-state index contributed by atoms with van der Waals surface area (Å²) in [6.07, 6.45) is 1.12. The maximum Gasteiger partial charge on any atom is 0.273 e.